The van der Waals surface area contributed by atoms with Crippen molar-refractivity contribution in [3.63, 3.8) is 0 Å². The highest BCUT2D eigenvalue weighted by atomic mass is 32.1. The largest absolute Gasteiger partial charge is 0.496 e. The van der Waals surface area contributed by atoms with Crippen molar-refractivity contribution in [2.45, 2.75) is 27.4 Å². The lowest BCUT2D eigenvalue weighted by Crippen LogP contribution is -2.45. The lowest BCUT2D eigenvalue weighted by atomic mass is 10.2. The Morgan fingerprint density at radius 2 is 1.95 bits per heavy atom. The SMILES string of the molecule is C/C=C\C(=C/C)N1CCN(c2nc(COc3cc(OC)cc4oc(-c5cn6nc(C)ccc6n5)cc34)cs2)CC1. The molecule has 10 heteroatoms. The first-order valence-electron chi connectivity index (χ1n) is 13.4. The van der Waals surface area contributed by atoms with Gasteiger partial charge in [-0.2, -0.15) is 5.10 Å². The number of hydrogen-bond acceptors (Lipinski definition) is 9. The number of anilines is 1. The Morgan fingerprint density at radius 3 is 2.73 bits per heavy atom. The zero-order chi connectivity index (χ0) is 27.6. The Labute approximate surface area is 237 Å². The number of methoxy groups -OCH3 is 1. The molecule has 1 saturated heterocycles. The van der Waals surface area contributed by atoms with Gasteiger partial charge in [-0.1, -0.05) is 12.2 Å². The number of aryl methyl sites for hydroxylation is 1. The smallest absolute Gasteiger partial charge is 0.185 e. The molecule has 1 aromatic carbocycles. The van der Waals surface area contributed by atoms with Crippen molar-refractivity contribution in [2.75, 3.05) is 38.2 Å². The number of fused-ring (bicyclic) bond motifs is 2. The maximum absolute atomic E-state index is 6.29. The Kier molecular flexibility index (Phi) is 7.17. The highest BCUT2D eigenvalue weighted by molar-refractivity contribution is 7.13. The van der Waals surface area contributed by atoms with Gasteiger partial charge in [-0.25, -0.2) is 14.5 Å². The average Bonchev–Trinajstić information content (AvgIpc) is 3.72. The van der Waals surface area contributed by atoms with Crippen molar-refractivity contribution in [1.82, 2.24) is 24.5 Å². The highest BCUT2D eigenvalue weighted by Crippen LogP contribution is 2.37. The molecule has 0 unspecified atom stereocenters. The van der Waals surface area contributed by atoms with E-state index >= 15 is 0 Å². The average molecular weight is 557 g/mol. The van der Waals surface area contributed by atoms with E-state index in [1.165, 1.54) is 5.70 Å². The second kappa shape index (κ2) is 11.1. The molecule has 1 aliphatic rings. The summed E-state index contributed by atoms with van der Waals surface area (Å²) < 4.78 is 19.8. The van der Waals surface area contributed by atoms with Crippen LogP contribution in [0.3, 0.4) is 0 Å². The fourth-order valence-electron chi connectivity index (χ4n) is 4.91. The molecular weight excluding hydrogens is 524 g/mol. The van der Waals surface area contributed by atoms with Gasteiger partial charge < -0.3 is 23.7 Å². The number of benzene rings is 1. The molecule has 0 atom stereocenters. The molecule has 0 amide bonds. The third kappa shape index (κ3) is 5.14. The quantitative estimate of drug-likeness (QED) is 0.212. The van der Waals surface area contributed by atoms with Crippen LogP contribution >= 0.6 is 11.3 Å². The fraction of sp³-hybridized carbons (Fsp3) is 0.300. The zero-order valence-corrected chi connectivity index (χ0v) is 23.9. The summed E-state index contributed by atoms with van der Waals surface area (Å²) >= 11 is 1.66. The van der Waals surface area contributed by atoms with Crippen molar-refractivity contribution in [3.05, 3.63) is 77.2 Å². The zero-order valence-electron chi connectivity index (χ0n) is 23.1. The molecule has 0 spiro atoms. The van der Waals surface area contributed by atoms with Crippen LogP contribution in [0.15, 0.2) is 70.3 Å². The fourth-order valence-corrected chi connectivity index (χ4v) is 5.78. The van der Waals surface area contributed by atoms with Crippen LogP contribution in [0.4, 0.5) is 5.13 Å². The number of aromatic nitrogens is 4. The van der Waals surface area contributed by atoms with E-state index in [0.717, 1.165) is 53.7 Å². The van der Waals surface area contributed by atoms with Gasteiger partial charge >= 0.3 is 0 Å². The van der Waals surface area contributed by atoms with Crippen LogP contribution in [-0.2, 0) is 6.61 Å². The summed E-state index contributed by atoms with van der Waals surface area (Å²) in [6, 6.07) is 9.58. The number of hydrogen-bond donors (Lipinski definition) is 0. The molecule has 5 aromatic rings. The van der Waals surface area contributed by atoms with Gasteiger partial charge in [0.05, 0.1) is 30.1 Å². The lowest BCUT2D eigenvalue weighted by Gasteiger charge is -2.36. The van der Waals surface area contributed by atoms with E-state index in [1.807, 2.05) is 43.5 Å². The minimum Gasteiger partial charge on any atom is -0.496 e. The third-order valence-corrected chi connectivity index (χ3v) is 7.93. The molecule has 4 aromatic heterocycles. The molecule has 1 aliphatic heterocycles. The lowest BCUT2D eigenvalue weighted by molar-refractivity contribution is 0.303. The maximum atomic E-state index is 6.29. The first-order valence-corrected chi connectivity index (χ1v) is 14.2. The summed E-state index contributed by atoms with van der Waals surface area (Å²) in [5.41, 5.74) is 5.22. The van der Waals surface area contributed by atoms with E-state index in [9.17, 15) is 0 Å². The van der Waals surface area contributed by atoms with Gasteiger partial charge in [-0.3, -0.25) is 0 Å². The van der Waals surface area contributed by atoms with E-state index in [4.69, 9.17) is 18.9 Å². The summed E-state index contributed by atoms with van der Waals surface area (Å²) in [5.74, 6) is 1.97. The van der Waals surface area contributed by atoms with E-state index in [-0.39, 0.29) is 0 Å². The number of imidazole rings is 1. The van der Waals surface area contributed by atoms with Crippen LogP contribution in [0, 0.1) is 6.92 Å². The minimum absolute atomic E-state index is 0.348. The van der Waals surface area contributed by atoms with Gasteiger partial charge in [0.2, 0.25) is 0 Å². The standard InChI is InChI=1S/C30H32N6O3S/c1-5-7-22(6-2)34-10-12-35(13-11-34)30-31-21(19-40-30)18-38-26-14-23(37-4)15-27-24(26)16-28(39-27)25-17-36-29(32-25)9-8-20(3)33-36/h5-9,14-17,19H,10-13,18H2,1-4H3/b7-5-,22-6+. The third-order valence-electron chi connectivity index (χ3n) is 6.98. The number of allylic oxidation sites excluding steroid dienone is 3. The van der Waals surface area contributed by atoms with E-state index < -0.39 is 0 Å². The topological polar surface area (TPSA) is 81.2 Å². The summed E-state index contributed by atoms with van der Waals surface area (Å²) in [6.45, 7) is 10.3. The molecule has 0 saturated carbocycles. The van der Waals surface area contributed by atoms with Crippen LogP contribution in [0.25, 0.3) is 28.1 Å². The Balaban J connectivity index is 1.18. The predicted octanol–water partition coefficient (Wildman–Crippen LogP) is 6.10. The molecule has 0 bridgehead atoms. The van der Waals surface area contributed by atoms with Gasteiger partial charge in [-0.05, 0) is 45.0 Å². The summed E-state index contributed by atoms with van der Waals surface area (Å²) in [4.78, 5) is 14.3. The number of nitrogens with zero attached hydrogens (tertiary/aromatic N) is 6. The maximum Gasteiger partial charge on any atom is 0.185 e. The molecule has 5 heterocycles. The van der Waals surface area contributed by atoms with E-state index in [0.29, 0.717) is 35.1 Å². The van der Waals surface area contributed by atoms with Gasteiger partial charge in [0.1, 0.15) is 29.4 Å². The molecule has 40 heavy (non-hydrogen) atoms. The second-order valence-electron chi connectivity index (χ2n) is 9.65. The summed E-state index contributed by atoms with van der Waals surface area (Å²) in [7, 11) is 1.63. The summed E-state index contributed by atoms with van der Waals surface area (Å²) in [5, 5.41) is 8.45. The van der Waals surface area contributed by atoms with Gasteiger partial charge in [-0.15, -0.1) is 11.3 Å². The Morgan fingerprint density at radius 1 is 1.10 bits per heavy atom. The van der Waals surface area contributed by atoms with Crippen molar-refractivity contribution in [1.29, 1.82) is 0 Å². The second-order valence-corrected chi connectivity index (χ2v) is 10.5. The molecule has 1 fully saturated rings. The number of piperazine rings is 1. The molecule has 0 N–H and O–H groups in total. The van der Waals surface area contributed by atoms with Gasteiger partial charge in [0.15, 0.2) is 16.5 Å². The predicted molar refractivity (Wildman–Crippen MR) is 158 cm³/mol. The minimum atomic E-state index is 0.348. The Hall–Kier alpha value is -4.31. The number of ether oxygens (including phenoxy) is 2. The number of furan rings is 1. The monoisotopic (exact) mass is 556 g/mol. The highest BCUT2D eigenvalue weighted by Gasteiger charge is 2.21. The van der Waals surface area contributed by atoms with Crippen LogP contribution in [0.5, 0.6) is 11.5 Å². The van der Waals surface area contributed by atoms with Gasteiger partial charge in [0, 0.05) is 49.4 Å². The van der Waals surface area contributed by atoms with Gasteiger partial charge in [0.25, 0.3) is 0 Å². The van der Waals surface area contributed by atoms with Crippen LogP contribution in [0.1, 0.15) is 25.2 Å². The molecule has 6 rings (SSSR count). The van der Waals surface area contributed by atoms with E-state index in [1.54, 1.807) is 23.0 Å². The number of thiazole rings is 1. The molecule has 0 aliphatic carbocycles. The molecular formula is C30H32N6O3S. The Bertz CT molecular complexity index is 1710. The normalized spacial score (nSPS) is 14.7. The molecule has 0 radical (unpaired) electrons. The van der Waals surface area contributed by atoms with Crippen molar-refractivity contribution < 1.29 is 13.9 Å². The van der Waals surface area contributed by atoms with E-state index in [2.05, 4.69) is 57.3 Å². The first-order chi connectivity index (χ1) is 19.5. The van der Waals surface area contributed by atoms with Crippen LogP contribution in [-0.4, -0.2) is 57.8 Å². The summed E-state index contributed by atoms with van der Waals surface area (Å²) in [6.07, 6.45) is 8.30. The van der Waals surface area contributed by atoms with Crippen molar-refractivity contribution in [3.8, 4) is 23.0 Å². The van der Waals surface area contributed by atoms with Crippen molar-refractivity contribution >= 4 is 33.1 Å². The van der Waals surface area contributed by atoms with Crippen LogP contribution < -0.4 is 14.4 Å². The number of rotatable bonds is 8. The molecule has 9 nitrogen and oxygen atoms in total. The molecule has 206 valence electrons. The first kappa shape index (κ1) is 25.9. The van der Waals surface area contributed by atoms with Crippen molar-refractivity contribution in [2.24, 2.45) is 0 Å². The van der Waals surface area contributed by atoms with Crippen LogP contribution in [0.2, 0.25) is 0 Å².